The second-order valence-corrected chi connectivity index (χ2v) is 10.6. The molecule has 37 heavy (non-hydrogen) atoms. The van der Waals surface area contributed by atoms with Gasteiger partial charge in [0, 0.05) is 43.0 Å². The predicted molar refractivity (Wildman–Crippen MR) is 143 cm³/mol. The fourth-order valence-electron chi connectivity index (χ4n) is 5.47. The minimum absolute atomic E-state index is 0.0123. The number of hydrogen-bond donors (Lipinski definition) is 1. The Labute approximate surface area is 219 Å². The van der Waals surface area contributed by atoms with Gasteiger partial charge in [-0.2, -0.15) is 10.2 Å². The molecule has 194 valence electrons. The second-order valence-electron chi connectivity index (χ2n) is 10.6. The molecule has 1 aliphatic heterocycles. The van der Waals surface area contributed by atoms with E-state index in [0.717, 1.165) is 38.2 Å². The molecule has 8 heteroatoms. The first-order valence-electron chi connectivity index (χ1n) is 13.2. The maximum absolute atomic E-state index is 9.57. The minimum atomic E-state index is -0.0123. The highest BCUT2D eigenvalue weighted by Crippen LogP contribution is 2.37. The van der Waals surface area contributed by atoms with Crippen LogP contribution in [0, 0.1) is 11.3 Å². The van der Waals surface area contributed by atoms with E-state index in [-0.39, 0.29) is 6.10 Å². The summed E-state index contributed by atoms with van der Waals surface area (Å²) >= 11 is 0. The van der Waals surface area contributed by atoms with E-state index in [0.29, 0.717) is 40.7 Å². The smallest absolute Gasteiger partial charge is 0.258 e. The fraction of sp³-hybridized carbons (Fsp3) is 0.483. The molecule has 2 heterocycles. The van der Waals surface area contributed by atoms with Crippen LogP contribution in [0.5, 0.6) is 5.75 Å². The van der Waals surface area contributed by atoms with E-state index < -0.39 is 0 Å². The van der Waals surface area contributed by atoms with Crippen LogP contribution in [-0.2, 0) is 6.42 Å². The van der Waals surface area contributed by atoms with Gasteiger partial charge in [0.1, 0.15) is 11.8 Å². The Kier molecular flexibility index (Phi) is 7.56. The van der Waals surface area contributed by atoms with Crippen LogP contribution in [0.25, 0.3) is 22.8 Å². The van der Waals surface area contributed by atoms with Gasteiger partial charge in [0.15, 0.2) is 0 Å². The molecule has 1 atom stereocenters. The van der Waals surface area contributed by atoms with Crippen LogP contribution in [0.15, 0.2) is 40.9 Å². The third-order valence-electron chi connectivity index (χ3n) is 7.50. The van der Waals surface area contributed by atoms with Gasteiger partial charge in [-0.05, 0) is 83.0 Å². The molecule has 1 aliphatic carbocycles. The lowest BCUT2D eigenvalue weighted by atomic mass is 10.0. The van der Waals surface area contributed by atoms with E-state index in [1.54, 1.807) is 12.1 Å². The Morgan fingerprint density at radius 1 is 1.19 bits per heavy atom. The summed E-state index contributed by atoms with van der Waals surface area (Å²) < 4.78 is 11.4. The van der Waals surface area contributed by atoms with E-state index in [1.807, 2.05) is 19.9 Å². The van der Waals surface area contributed by atoms with Crippen LogP contribution in [0.2, 0.25) is 0 Å². The lowest BCUT2D eigenvalue weighted by Gasteiger charge is -2.35. The summed E-state index contributed by atoms with van der Waals surface area (Å²) in [5, 5.41) is 17.7. The van der Waals surface area contributed by atoms with Crippen LogP contribution in [-0.4, -0.2) is 65.9 Å². The standard InChI is InChI=1S/C29H36N6O2/c1-19(2)36-27-11-8-20(16-21(27)17-30)29-32-28(33-37-29)25-7-5-6-24-23(25)9-10-26(24)31-18-35-14-12-22(13-15-35)34(3)4/h5-8,11,16,19,22,26,31H,9-10,12-15,18H2,1-4H3/t26-/m0/s1. The summed E-state index contributed by atoms with van der Waals surface area (Å²) in [4.78, 5) is 9.58. The summed E-state index contributed by atoms with van der Waals surface area (Å²) in [6.07, 6.45) is 4.48. The van der Waals surface area contributed by atoms with E-state index in [2.05, 4.69) is 58.6 Å². The Balaban J connectivity index is 1.29. The molecule has 2 aliphatic rings. The SMILES string of the molecule is CC(C)Oc1ccc(-c2nc(-c3cccc4c3CC[C@@H]4NCN3CCC(N(C)C)CC3)no2)cc1C#N. The summed E-state index contributed by atoms with van der Waals surface area (Å²) in [6.45, 7) is 7.06. The molecular weight excluding hydrogens is 464 g/mol. The van der Waals surface area contributed by atoms with E-state index in [1.165, 1.54) is 24.0 Å². The van der Waals surface area contributed by atoms with Crippen molar-refractivity contribution < 1.29 is 9.26 Å². The lowest BCUT2D eigenvalue weighted by molar-refractivity contribution is 0.133. The van der Waals surface area contributed by atoms with Gasteiger partial charge >= 0.3 is 0 Å². The zero-order chi connectivity index (χ0) is 25.9. The van der Waals surface area contributed by atoms with Gasteiger partial charge in [-0.3, -0.25) is 10.2 Å². The summed E-state index contributed by atoms with van der Waals surface area (Å²) in [5.74, 6) is 1.54. The van der Waals surface area contributed by atoms with Crippen molar-refractivity contribution in [3.05, 3.63) is 53.1 Å². The number of nitrogens with zero attached hydrogens (tertiary/aromatic N) is 5. The maximum Gasteiger partial charge on any atom is 0.258 e. The molecule has 0 unspecified atom stereocenters. The number of hydrogen-bond acceptors (Lipinski definition) is 8. The lowest BCUT2D eigenvalue weighted by Crippen LogP contribution is -2.45. The van der Waals surface area contributed by atoms with Crippen LogP contribution >= 0.6 is 0 Å². The molecule has 8 nitrogen and oxygen atoms in total. The first kappa shape index (κ1) is 25.4. The monoisotopic (exact) mass is 500 g/mol. The van der Waals surface area contributed by atoms with Crippen molar-refractivity contribution in [2.24, 2.45) is 0 Å². The van der Waals surface area contributed by atoms with Gasteiger partial charge < -0.3 is 14.2 Å². The fourth-order valence-corrected chi connectivity index (χ4v) is 5.47. The Morgan fingerprint density at radius 2 is 2.00 bits per heavy atom. The Bertz CT molecular complexity index is 1270. The van der Waals surface area contributed by atoms with Gasteiger partial charge in [-0.1, -0.05) is 23.4 Å². The Hall–Kier alpha value is -3.25. The zero-order valence-electron chi connectivity index (χ0n) is 22.2. The van der Waals surface area contributed by atoms with Crippen molar-refractivity contribution >= 4 is 0 Å². The van der Waals surface area contributed by atoms with Gasteiger partial charge in [-0.25, -0.2) is 0 Å². The van der Waals surface area contributed by atoms with Crippen LogP contribution in [0.4, 0.5) is 0 Å². The number of rotatable bonds is 8. The van der Waals surface area contributed by atoms with Gasteiger partial charge in [-0.15, -0.1) is 0 Å². The molecule has 0 saturated carbocycles. The van der Waals surface area contributed by atoms with E-state index in [9.17, 15) is 5.26 Å². The molecule has 0 spiro atoms. The van der Waals surface area contributed by atoms with Crippen LogP contribution in [0.1, 0.15) is 55.8 Å². The third-order valence-corrected chi connectivity index (χ3v) is 7.50. The average molecular weight is 501 g/mol. The normalized spacial score (nSPS) is 18.4. The second kappa shape index (κ2) is 11.0. The minimum Gasteiger partial charge on any atom is -0.490 e. The number of aromatic nitrogens is 2. The van der Waals surface area contributed by atoms with Crippen molar-refractivity contribution in [2.45, 2.75) is 57.7 Å². The molecule has 0 bridgehead atoms. The molecule has 0 amide bonds. The molecule has 1 aromatic heterocycles. The first-order valence-corrected chi connectivity index (χ1v) is 13.2. The van der Waals surface area contributed by atoms with Crippen molar-refractivity contribution in [1.82, 2.24) is 25.3 Å². The maximum atomic E-state index is 9.57. The van der Waals surface area contributed by atoms with Crippen LogP contribution < -0.4 is 10.1 Å². The number of piperidine rings is 1. The number of nitrogens with one attached hydrogen (secondary N) is 1. The highest BCUT2D eigenvalue weighted by molar-refractivity contribution is 5.67. The molecule has 1 N–H and O–H groups in total. The number of likely N-dealkylation sites (tertiary alicyclic amines) is 1. The average Bonchev–Trinajstić information content (AvgIpc) is 3.55. The number of benzene rings is 2. The van der Waals surface area contributed by atoms with E-state index >= 15 is 0 Å². The molecule has 2 aromatic carbocycles. The number of fused-ring (bicyclic) bond motifs is 1. The first-order chi connectivity index (χ1) is 17.9. The largest absolute Gasteiger partial charge is 0.490 e. The summed E-state index contributed by atoms with van der Waals surface area (Å²) in [6, 6.07) is 15.0. The van der Waals surface area contributed by atoms with Crippen molar-refractivity contribution in [3.63, 3.8) is 0 Å². The van der Waals surface area contributed by atoms with Crippen molar-refractivity contribution in [1.29, 1.82) is 5.26 Å². The van der Waals surface area contributed by atoms with Crippen molar-refractivity contribution in [2.75, 3.05) is 33.9 Å². The molecule has 0 radical (unpaired) electrons. The molecule has 1 fully saturated rings. The summed E-state index contributed by atoms with van der Waals surface area (Å²) in [7, 11) is 4.36. The number of nitriles is 1. The van der Waals surface area contributed by atoms with Crippen LogP contribution in [0.3, 0.4) is 0 Å². The molecule has 1 saturated heterocycles. The van der Waals surface area contributed by atoms with Gasteiger partial charge in [0.25, 0.3) is 5.89 Å². The number of ether oxygens (including phenoxy) is 1. The van der Waals surface area contributed by atoms with Crippen molar-refractivity contribution in [3.8, 4) is 34.7 Å². The van der Waals surface area contributed by atoms with Gasteiger partial charge in [0.2, 0.25) is 5.82 Å². The molecule has 5 rings (SSSR count). The Morgan fingerprint density at radius 3 is 2.73 bits per heavy atom. The third kappa shape index (κ3) is 5.54. The van der Waals surface area contributed by atoms with Gasteiger partial charge in [0.05, 0.1) is 11.7 Å². The zero-order valence-corrected chi connectivity index (χ0v) is 22.2. The topological polar surface area (TPSA) is 90.4 Å². The quantitative estimate of drug-likeness (QED) is 0.479. The highest BCUT2D eigenvalue weighted by Gasteiger charge is 2.28. The highest BCUT2D eigenvalue weighted by atomic mass is 16.5. The molecule has 3 aromatic rings. The molecular formula is C29H36N6O2. The van der Waals surface area contributed by atoms with E-state index in [4.69, 9.17) is 14.2 Å². The summed E-state index contributed by atoms with van der Waals surface area (Å²) in [5.41, 5.74) is 4.79. The predicted octanol–water partition coefficient (Wildman–Crippen LogP) is 4.62.